The van der Waals surface area contributed by atoms with Gasteiger partial charge < -0.3 is 10.6 Å². The Hall–Kier alpha value is -0.450. The molecule has 0 aliphatic carbocycles. The largest absolute Gasteiger partial charge is 0.328 e. The van der Waals surface area contributed by atoms with Gasteiger partial charge in [0.05, 0.1) is 10.7 Å². The van der Waals surface area contributed by atoms with E-state index in [9.17, 15) is 0 Å². The molecule has 1 aromatic heterocycles. The molecule has 0 saturated carbocycles. The van der Waals surface area contributed by atoms with Crippen molar-refractivity contribution in [2.45, 2.75) is 31.7 Å². The summed E-state index contributed by atoms with van der Waals surface area (Å²) in [4.78, 5) is 7.05. The van der Waals surface area contributed by atoms with E-state index in [4.69, 9.17) is 5.73 Å². The Balaban J connectivity index is 2.00. The number of thiazole rings is 1. The molecule has 0 bridgehead atoms. The zero-order valence-electron chi connectivity index (χ0n) is 9.44. The molecule has 2 N–H and O–H groups in total. The summed E-state index contributed by atoms with van der Waals surface area (Å²) < 4.78 is 0. The molecule has 0 aromatic carbocycles. The quantitative estimate of drug-likeness (QED) is 0.846. The first-order valence-corrected chi connectivity index (χ1v) is 6.41. The van der Waals surface area contributed by atoms with Gasteiger partial charge in [-0.15, -0.1) is 11.3 Å². The van der Waals surface area contributed by atoms with Gasteiger partial charge in [0, 0.05) is 30.3 Å². The molecule has 0 radical (unpaired) electrons. The highest BCUT2D eigenvalue weighted by molar-refractivity contribution is 7.09. The van der Waals surface area contributed by atoms with Crippen LogP contribution in [0.2, 0.25) is 0 Å². The molecular weight excluding hydrogens is 206 g/mol. The number of nitrogens with two attached hydrogens (primary N) is 1. The zero-order valence-corrected chi connectivity index (χ0v) is 10.3. The van der Waals surface area contributed by atoms with Crippen LogP contribution in [0.4, 0.5) is 0 Å². The van der Waals surface area contributed by atoms with Crippen LogP contribution < -0.4 is 5.73 Å². The minimum atomic E-state index is 0.218. The topological polar surface area (TPSA) is 42.1 Å². The van der Waals surface area contributed by atoms with E-state index in [0.29, 0.717) is 5.92 Å². The molecule has 2 unspecified atom stereocenters. The molecule has 1 aliphatic heterocycles. The maximum absolute atomic E-state index is 5.77. The van der Waals surface area contributed by atoms with Crippen molar-refractivity contribution in [2.24, 2.45) is 5.73 Å². The molecule has 0 amide bonds. The van der Waals surface area contributed by atoms with Crippen LogP contribution in [0.25, 0.3) is 0 Å². The van der Waals surface area contributed by atoms with Gasteiger partial charge in [0.1, 0.15) is 0 Å². The van der Waals surface area contributed by atoms with E-state index in [0.717, 1.165) is 13.0 Å². The lowest BCUT2D eigenvalue weighted by Gasteiger charge is -2.07. The van der Waals surface area contributed by atoms with E-state index < -0.39 is 0 Å². The number of nitrogens with zero attached hydrogens (tertiary/aromatic N) is 2. The van der Waals surface area contributed by atoms with Gasteiger partial charge in [-0.2, -0.15) is 0 Å². The lowest BCUT2D eigenvalue weighted by Crippen LogP contribution is -2.17. The highest BCUT2D eigenvalue weighted by Gasteiger charge is 2.23. The molecule has 1 aliphatic rings. The van der Waals surface area contributed by atoms with E-state index in [1.807, 2.05) is 6.92 Å². The third-order valence-corrected chi connectivity index (χ3v) is 3.77. The first kappa shape index (κ1) is 11.0. The maximum atomic E-state index is 5.77. The van der Waals surface area contributed by atoms with Crippen LogP contribution in [-0.2, 0) is 6.42 Å². The highest BCUT2D eigenvalue weighted by atomic mass is 32.1. The molecule has 2 rings (SSSR count). The second-order valence-electron chi connectivity index (χ2n) is 4.60. The summed E-state index contributed by atoms with van der Waals surface area (Å²) in [5, 5.41) is 3.40. The number of likely N-dealkylation sites (tertiary alicyclic amines) is 1. The van der Waals surface area contributed by atoms with Crippen LogP contribution in [0, 0.1) is 0 Å². The minimum Gasteiger partial charge on any atom is -0.328 e. The normalized spacial score (nSPS) is 24.6. The molecule has 2 heterocycles. The van der Waals surface area contributed by atoms with Gasteiger partial charge in [0.15, 0.2) is 0 Å². The van der Waals surface area contributed by atoms with E-state index in [2.05, 4.69) is 22.3 Å². The summed E-state index contributed by atoms with van der Waals surface area (Å²) >= 11 is 1.76. The Bertz CT molecular complexity index is 321. The monoisotopic (exact) mass is 225 g/mol. The standard InChI is InChI=1S/C11H19N3S/c1-8(12)5-11-13-10(7-15-11)9-3-4-14(2)6-9/h7-9H,3-6,12H2,1-2H3. The third kappa shape index (κ3) is 2.77. The van der Waals surface area contributed by atoms with Crippen molar-refractivity contribution in [3.8, 4) is 0 Å². The lowest BCUT2D eigenvalue weighted by atomic mass is 10.1. The predicted octanol–water partition coefficient (Wildman–Crippen LogP) is 1.45. The second-order valence-corrected chi connectivity index (χ2v) is 5.54. The molecule has 15 heavy (non-hydrogen) atoms. The molecule has 1 fully saturated rings. The van der Waals surface area contributed by atoms with E-state index in [-0.39, 0.29) is 6.04 Å². The Kier molecular flexibility index (Phi) is 3.38. The van der Waals surface area contributed by atoms with Crippen LogP contribution in [-0.4, -0.2) is 36.1 Å². The Morgan fingerprint density at radius 2 is 2.53 bits per heavy atom. The van der Waals surface area contributed by atoms with Gasteiger partial charge in [0.2, 0.25) is 0 Å². The van der Waals surface area contributed by atoms with Crippen molar-refractivity contribution >= 4 is 11.3 Å². The van der Waals surface area contributed by atoms with Crippen molar-refractivity contribution in [2.75, 3.05) is 20.1 Å². The first-order valence-electron chi connectivity index (χ1n) is 5.53. The number of likely N-dealkylation sites (N-methyl/N-ethyl adjacent to an activating group) is 1. The Morgan fingerprint density at radius 1 is 1.73 bits per heavy atom. The smallest absolute Gasteiger partial charge is 0.0943 e. The molecule has 4 heteroatoms. The number of hydrogen-bond acceptors (Lipinski definition) is 4. The van der Waals surface area contributed by atoms with Crippen molar-refractivity contribution < 1.29 is 0 Å². The van der Waals surface area contributed by atoms with Gasteiger partial charge in [-0.1, -0.05) is 0 Å². The van der Waals surface area contributed by atoms with E-state index >= 15 is 0 Å². The number of aromatic nitrogens is 1. The average Bonchev–Trinajstić information content (AvgIpc) is 2.72. The average molecular weight is 225 g/mol. The van der Waals surface area contributed by atoms with Gasteiger partial charge in [-0.25, -0.2) is 4.98 Å². The second kappa shape index (κ2) is 4.60. The van der Waals surface area contributed by atoms with Crippen molar-refractivity contribution in [3.05, 3.63) is 16.1 Å². The van der Waals surface area contributed by atoms with Gasteiger partial charge in [0.25, 0.3) is 0 Å². The molecular formula is C11H19N3S. The molecule has 1 aromatic rings. The minimum absolute atomic E-state index is 0.218. The highest BCUT2D eigenvalue weighted by Crippen LogP contribution is 2.27. The van der Waals surface area contributed by atoms with E-state index in [1.165, 1.54) is 23.7 Å². The van der Waals surface area contributed by atoms with Gasteiger partial charge >= 0.3 is 0 Å². The van der Waals surface area contributed by atoms with Crippen molar-refractivity contribution in [1.82, 2.24) is 9.88 Å². The predicted molar refractivity (Wildman–Crippen MR) is 64.3 cm³/mol. The van der Waals surface area contributed by atoms with Crippen LogP contribution >= 0.6 is 11.3 Å². The summed E-state index contributed by atoms with van der Waals surface area (Å²) in [5.74, 6) is 0.646. The summed E-state index contributed by atoms with van der Waals surface area (Å²) in [6.45, 7) is 4.39. The molecule has 0 spiro atoms. The number of rotatable bonds is 3. The fraction of sp³-hybridized carbons (Fsp3) is 0.727. The summed E-state index contributed by atoms with van der Waals surface area (Å²) in [7, 11) is 2.18. The van der Waals surface area contributed by atoms with Crippen LogP contribution in [0.1, 0.15) is 30.0 Å². The Morgan fingerprint density at radius 3 is 3.13 bits per heavy atom. The molecule has 84 valence electrons. The van der Waals surface area contributed by atoms with Gasteiger partial charge in [-0.05, 0) is 26.9 Å². The first-order chi connectivity index (χ1) is 7.15. The lowest BCUT2D eigenvalue weighted by molar-refractivity contribution is 0.411. The van der Waals surface area contributed by atoms with Gasteiger partial charge in [-0.3, -0.25) is 0 Å². The molecule has 1 saturated heterocycles. The Labute approximate surface area is 95.3 Å². The fourth-order valence-corrected chi connectivity index (χ4v) is 3.08. The third-order valence-electron chi connectivity index (χ3n) is 2.88. The summed E-state index contributed by atoms with van der Waals surface area (Å²) in [6, 6.07) is 0.218. The molecule has 2 atom stereocenters. The van der Waals surface area contributed by atoms with Crippen LogP contribution in [0.5, 0.6) is 0 Å². The zero-order chi connectivity index (χ0) is 10.8. The van der Waals surface area contributed by atoms with Crippen molar-refractivity contribution in [1.29, 1.82) is 0 Å². The van der Waals surface area contributed by atoms with Crippen LogP contribution in [0.3, 0.4) is 0 Å². The number of hydrogen-bond donors (Lipinski definition) is 1. The molecule has 3 nitrogen and oxygen atoms in total. The maximum Gasteiger partial charge on any atom is 0.0943 e. The SMILES string of the molecule is CC(N)Cc1nc(C2CCN(C)C2)cs1. The van der Waals surface area contributed by atoms with Crippen LogP contribution in [0.15, 0.2) is 5.38 Å². The van der Waals surface area contributed by atoms with Crippen molar-refractivity contribution in [3.63, 3.8) is 0 Å². The summed E-state index contributed by atoms with van der Waals surface area (Å²) in [5.41, 5.74) is 7.05. The summed E-state index contributed by atoms with van der Waals surface area (Å²) in [6.07, 6.45) is 2.16. The fourth-order valence-electron chi connectivity index (χ4n) is 2.06. The van der Waals surface area contributed by atoms with E-state index in [1.54, 1.807) is 11.3 Å².